The molecule has 1 aromatic rings. The number of ketones is 3. The van der Waals surface area contributed by atoms with E-state index in [4.69, 9.17) is 46.6 Å². The van der Waals surface area contributed by atoms with Crippen molar-refractivity contribution in [1.82, 2.24) is 47.9 Å². The van der Waals surface area contributed by atoms with Gasteiger partial charge in [0.1, 0.15) is 47.8 Å². The van der Waals surface area contributed by atoms with E-state index in [1.54, 1.807) is 30.3 Å². The van der Waals surface area contributed by atoms with Crippen LogP contribution in [0.15, 0.2) is 35.3 Å². The first kappa shape index (κ1) is 79.7. The van der Waals surface area contributed by atoms with Crippen LogP contribution in [0.3, 0.4) is 0 Å². The van der Waals surface area contributed by atoms with Gasteiger partial charge in [0, 0.05) is 49.8 Å². The monoisotopic (exact) mass is 1310 g/mol. The number of hydrogen-bond acceptors (Lipinski definition) is 24. The lowest BCUT2D eigenvalue weighted by atomic mass is 9.86. The molecule has 0 aromatic heterocycles. The van der Waals surface area contributed by atoms with Gasteiger partial charge in [0.05, 0.1) is 111 Å². The Kier molecular flexibility index (Phi) is 41.2. The molecule has 34 heteroatoms. The predicted octanol–water partition coefficient (Wildman–Crippen LogP) is -6.07. The maximum atomic E-state index is 14.2. The summed E-state index contributed by atoms with van der Waals surface area (Å²) in [5.74, 6) is -9.16. The van der Waals surface area contributed by atoms with E-state index in [2.05, 4.69) is 52.8 Å². The van der Waals surface area contributed by atoms with Crippen LogP contribution in [0.25, 0.3) is 0 Å². The summed E-state index contributed by atoms with van der Waals surface area (Å²) in [6.07, 6.45) is -2.74. The van der Waals surface area contributed by atoms with Crippen molar-refractivity contribution in [3.63, 3.8) is 0 Å². The van der Waals surface area contributed by atoms with Crippen molar-refractivity contribution in [1.29, 1.82) is 0 Å². The SMILES string of the molecule is CC(C)[C@H](CC(=O)CCOCCOCCOCCOCCOCCNCC(=O)[C@@H](NC(=O)[C@@H]1CSSC[C@H](NC(=O)CNC(=O)CN)C(=O)N[C@@H](CCCN=C(N)N)C(=O)N[C@@H](Cc2ccccc2)C(=O)NCC(=O)N[C@@H]([C@@H](C)O)C(=O)N1)[C@@H](C)O)C(=O)CN. The Labute approximate surface area is 531 Å². The Morgan fingerprint density at radius 3 is 1.87 bits per heavy atom. The van der Waals surface area contributed by atoms with Gasteiger partial charge in [-0.15, -0.1) is 0 Å². The smallest absolute Gasteiger partial charge is 0.245 e. The largest absolute Gasteiger partial charge is 0.391 e. The third-order valence-corrected chi connectivity index (χ3v) is 15.6. The molecular formula is C56H94N14O18S2. The van der Waals surface area contributed by atoms with Crippen molar-refractivity contribution in [2.24, 2.45) is 39.8 Å². The van der Waals surface area contributed by atoms with Crippen molar-refractivity contribution >= 4 is 92.2 Å². The molecule has 0 saturated carbocycles. The second-order valence-electron chi connectivity index (χ2n) is 20.9. The van der Waals surface area contributed by atoms with Crippen LogP contribution in [0.4, 0.5) is 0 Å². The van der Waals surface area contributed by atoms with Gasteiger partial charge < -0.3 is 105 Å². The zero-order chi connectivity index (χ0) is 66.8. The van der Waals surface area contributed by atoms with E-state index in [1.165, 1.54) is 13.8 Å². The van der Waals surface area contributed by atoms with Crippen LogP contribution in [0.1, 0.15) is 58.9 Å². The highest BCUT2D eigenvalue weighted by atomic mass is 33.1. The lowest BCUT2D eigenvalue weighted by Gasteiger charge is -2.28. The first-order chi connectivity index (χ1) is 43.0. The number of rotatable bonds is 40. The second kappa shape index (κ2) is 46.6. The topological polar surface area (TPSA) is 499 Å². The summed E-state index contributed by atoms with van der Waals surface area (Å²) < 4.78 is 27.5. The number of nitrogens with one attached hydrogen (secondary N) is 9. The lowest BCUT2D eigenvalue weighted by molar-refractivity contribution is -0.135. The summed E-state index contributed by atoms with van der Waals surface area (Å²) in [6.45, 7) is 6.90. The summed E-state index contributed by atoms with van der Waals surface area (Å²) in [6, 6.07) is -0.497. The first-order valence-electron chi connectivity index (χ1n) is 29.6. The molecule has 2 rings (SSSR count). The first-order valence-corrected chi connectivity index (χ1v) is 32.1. The van der Waals surface area contributed by atoms with Crippen molar-refractivity contribution < 1.29 is 86.6 Å². The van der Waals surface area contributed by atoms with Crippen LogP contribution in [0.5, 0.6) is 0 Å². The Morgan fingerprint density at radius 2 is 1.29 bits per heavy atom. The number of ether oxygens (including phenoxy) is 5. The zero-order valence-electron chi connectivity index (χ0n) is 51.6. The number of nitrogens with zero attached hydrogens (tertiary/aromatic N) is 1. The molecule has 9 atom stereocenters. The van der Waals surface area contributed by atoms with Gasteiger partial charge in [-0.2, -0.15) is 0 Å². The summed E-state index contributed by atoms with van der Waals surface area (Å²) in [5, 5.41) is 44.1. The normalized spacial score (nSPS) is 19.5. The molecule has 32 nitrogen and oxygen atoms in total. The van der Waals surface area contributed by atoms with Crippen LogP contribution >= 0.6 is 21.6 Å². The van der Waals surface area contributed by atoms with Gasteiger partial charge in [0.25, 0.3) is 0 Å². The third kappa shape index (κ3) is 34.7. The fourth-order valence-electron chi connectivity index (χ4n) is 8.23. The van der Waals surface area contributed by atoms with E-state index in [0.717, 1.165) is 21.6 Å². The molecule has 0 spiro atoms. The number of carbonyl (C=O) groups excluding carboxylic acids is 11. The van der Waals surface area contributed by atoms with Gasteiger partial charge in [-0.1, -0.05) is 65.8 Å². The second-order valence-corrected chi connectivity index (χ2v) is 23.5. The van der Waals surface area contributed by atoms with Gasteiger partial charge >= 0.3 is 0 Å². The highest BCUT2D eigenvalue weighted by Gasteiger charge is 2.35. The number of Topliss-reactive ketones (excluding diaryl/α,β-unsaturated/α-hetero) is 3. The summed E-state index contributed by atoms with van der Waals surface area (Å²) in [5.41, 5.74) is 22.4. The minimum atomic E-state index is -1.73. The van der Waals surface area contributed by atoms with Gasteiger partial charge in [0.15, 0.2) is 11.7 Å². The molecule has 8 amide bonds. The molecule has 19 N–H and O–H groups in total. The quantitative estimate of drug-likeness (QED) is 0.0126. The Bertz CT molecular complexity index is 2430. The molecule has 0 aliphatic carbocycles. The van der Waals surface area contributed by atoms with Gasteiger partial charge in [0.2, 0.25) is 47.3 Å². The van der Waals surface area contributed by atoms with Crippen molar-refractivity contribution in [2.75, 3.05) is 123 Å². The molecule has 508 valence electrons. The Morgan fingerprint density at radius 1 is 0.689 bits per heavy atom. The molecule has 1 aromatic carbocycles. The minimum Gasteiger partial charge on any atom is -0.391 e. The minimum absolute atomic E-state index is 0.0255. The van der Waals surface area contributed by atoms with Crippen molar-refractivity contribution in [3.05, 3.63) is 35.9 Å². The van der Waals surface area contributed by atoms with Gasteiger partial charge in [-0.3, -0.25) is 57.7 Å². The average molecular weight is 1320 g/mol. The highest BCUT2D eigenvalue weighted by molar-refractivity contribution is 8.76. The molecule has 1 heterocycles. The highest BCUT2D eigenvalue weighted by Crippen LogP contribution is 2.24. The standard InChI is InChI=1S/C56H94N14O18S2/c1-34(2)39(44(74)27-57)26-38(73)12-15-84-17-19-86-21-23-88-24-22-87-20-18-85-16-14-61-29-45(75)49(35(3)71)70-54(82)43-33-90-89-32-42(65-47(77)30-63-46(76)28-58)53(81)66-40(11-8-13-62-56(59)60)52(80)67-41(25-37-9-6-5-7-10-37)51(79)64-31-48(78)69-50(36(4)72)55(83)68-43/h5-7,9-10,34-36,39-43,49-50,61,71-72H,8,11-33,57-58H2,1-4H3,(H,63,76)(H,64,79)(H,65,77)(H,66,81)(H,67,80)(H,68,83)(H,69,78)(H,70,82)(H4,59,60,62)/t35-,36-,39+,40+,41+,42+,43+,49+,50+/m1/s1. The molecular weight excluding hydrogens is 1220 g/mol. The summed E-state index contributed by atoms with van der Waals surface area (Å²) >= 11 is 0. The number of benzene rings is 1. The predicted molar refractivity (Wildman–Crippen MR) is 334 cm³/mol. The summed E-state index contributed by atoms with van der Waals surface area (Å²) in [7, 11) is 1.82. The molecule has 0 radical (unpaired) electrons. The van der Waals surface area contributed by atoms with E-state index in [9.17, 15) is 63.0 Å². The fraction of sp³-hybridized carbons (Fsp3) is 0.679. The molecule has 1 aliphatic heterocycles. The fourth-order valence-corrected chi connectivity index (χ4v) is 10.6. The maximum absolute atomic E-state index is 14.2. The maximum Gasteiger partial charge on any atom is 0.245 e. The van der Waals surface area contributed by atoms with E-state index in [0.29, 0.717) is 38.6 Å². The van der Waals surface area contributed by atoms with Crippen molar-refractivity contribution in [2.45, 2.75) is 108 Å². The number of nitrogens with two attached hydrogens (primary N) is 4. The van der Waals surface area contributed by atoms with E-state index >= 15 is 0 Å². The van der Waals surface area contributed by atoms with Crippen molar-refractivity contribution in [3.8, 4) is 0 Å². The van der Waals surface area contributed by atoms with Crippen LogP contribution < -0.4 is 70.8 Å². The molecule has 0 unspecified atom stereocenters. The number of guanidine groups is 1. The van der Waals surface area contributed by atoms with E-state index in [1.807, 2.05) is 13.8 Å². The van der Waals surface area contributed by atoms with Gasteiger partial charge in [-0.05, 0) is 38.2 Å². The van der Waals surface area contributed by atoms with Crippen LogP contribution in [-0.4, -0.2) is 253 Å². The van der Waals surface area contributed by atoms with Crippen LogP contribution in [0.2, 0.25) is 0 Å². The molecule has 1 aliphatic rings. The van der Waals surface area contributed by atoms with Gasteiger partial charge in [-0.25, -0.2) is 0 Å². The lowest BCUT2D eigenvalue weighted by Crippen LogP contribution is -2.61. The molecule has 1 saturated heterocycles. The van der Waals surface area contributed by atoms with E-state index in [-0.39, 0.29) is 132 Å². The van der Waals surface area contributed by atoms with E-state index < -0.39 is 121 Å². The number of carbonyl (C=O) groups is 11. The number of aliphatic hydroxyl groups is 2. The number of aliphatic imine (C=N–C) groups is 1. The zero-order valence-corrected chi connectivity index (χ0v) is 53.3. The Balaban J connectivity index is 2.09. The van der Waals surface area contributed by atoms with Crippen LogP contribution in [-0.2, 0) is 82.8 Å². The number of amides is 8. The summed E-state index contributed by atoms with van der Waals surface area (Å²) in [4.78, 5) is 150. The average Bonchev–Trinajstić information content (AvgIpc) is 2.98. The Hall–Kier alpha value is -6.44. The molecule has 0 bridgehead atoms. The number of aliphatic hydroxyl groups excluding tert-OH is 2. The van der Waals surface area contributed by atoms with Crippen LogP contribution in [0, 0.1) is 11.8 Å². The third-order valence-electron chi connectivity index (χ3n) is 13.2. The number of hydrogen-bond donors (Lipinski definition) is 15. The molecule has 1 fully saturated rings. The molecule has 90 heavy (non-hydrogen) atoms.